The molecule has 0 aromatic rings. The number of hydrogen-bond acceptors (Lipinski definition) is 21. The van der Waals surface area contributed by atoms with Crippen molar-refractivity contribution in [1.82, 2.24) is 0 Å². The molecule has 0 spiro atoms. The quantitative estimate of drug-likeness (QED) is 0.0798. The van der Waals surface area contributed by atoms with Gasteiger partial charge in [-0.15, -0.1) is 0 Å². The summed E-state index contributed by atoms with van der Waals surface area (Å²) in [5.74, 6) is -0.834. The van der Waals surface area contributed by atoms with E-state index >= 15 is 0 Å². The smallest absolute Gasteiger partial charge is 0.310 e. The van der Waals surface area contributed by atoms with Crippen molar-refractivity contribution in [3.63, 3.8) is 0 Å². The van der Waals surface area contributed by atoms with Crippen molar-refractivity contribution in [2.24, 2.45) is 45.3 Å². The zero-order chi connectivity index (χ0) is 53.9. The van der Waals surface area contributed by atoms with Gasteiger partial charge in [0.15, 0.2) is 25.2 Å². The average molecular weight is 1060 g/mol. The fourth-order valence-corrected chi connectivity index (χ4v) is 16.0. The van der Waals surface area contributed by atoms with Crippen LogP contribution in [0.25, 0.3) is 0 Å². The first-order valence-corrected chi connectivity index (χ1v) is 26.6. The number of carboxylic acid groups (broad SMARTS) is 1. The second kappa shape index (κ2) is 20.7. The second-order valence-electron chi connectivity index (χ2n) is 24.3. The molecule has 9 rings (SSSR count). The number of aliphatic hydroxyl groups is 12. The highest BCUT2D eigenvalue weighted by Crippen LogP contribution is 2.76. The average Bonchev–Trinajstić information content (AvgIpc) is 3.79. The van der Waals surface area contributed by atoms with Crippen molar-refractivity contribution >= 4 is 5.97 Å². The highest BCUT2D eigenvalue weighted by molar-refractivity contribution is 5.77. The van der Waals surface area contributed by atoms with Gasteiger partial charge >= 0.3 is 5.97 Å². The Bertz CT molecular complexity index is 2070. The lowest BCUT2D eigenvalue weighted by Crippen LogP contribution is -2.68. The molecule has 4 heterocycles. The molecule has 9 aliphatic rings. The first-order chi connectivity index (χ1) is 34.7. The van der Waals surface area contributed by atoms with Gasteiger partial charge in [-0.1, -0.05) is 44.6 Å². The van der Waals surface area contributed by atoms with Gasteiger partial charge < -0.3 is 104 Å². The Morgan fingerprint density at radius 1 is 0.662 bits per heavy atom. The number of hydrogen-bond donors (Lipinski definition) is 13. The van der Waals surface area contributed by atoms with Gasteiger partial charge in [0.05, 0.1) is 43.0 Å². The van der Waals surface area contributed by atoms with Crippen LogP contribution in [0.15, 0.2) is 23.8 Å². The van der Waals surface area contributed by atoms with Crippen LogP contribution in [0.5, 0.6) is 0 Å². The number of carboxylic acids is 1. The van der Waals surface area contributed by atoms with Crippen LogP contribution in [0.3, 0.4) is 0 Å². The molecule has 0 amide bonds. The Labute approximate surface area is 430 Å². The minimum atomic E-state index is -2.02. The van der Waals surface area contributed by atoms with Gasteiger partial charge in [0.25, 0.3) is 0 Å². The lowest BCUT2D eigenvalue weighted by Gasteiger charge is -2.70. The number of aliphatic carboxylic acids is 1. The van der Waals surface area contributed by atoms with Crippen LogP contribution in [-0.2, 0) is 42.7 Å². The van der Waals surface area contributed by atoms with Crippen molar-refractivity contribution in [2.75, 3.05) is 19.8 Å². The van der Waals surface area contributed by atoms with E-state index < -0.39 is 153 Å². The van der Waals surface area contributed by atoms with Gasteiger partial charge in [-0.25, -0.2) is 0 Å². The summed E-state index contributed by atoms with van der Waals surface area (Å²) < 4.78 is 47.4. The van der Waals surface area contributed by atoms with Gasteiger partial charge in [-0.2, -0.15) is 0 Å². The summed E-state index contributed by atoms with van der Waals surface area (Å²) in [6, 6.07) is 0. The molecule has 8 fully saturated rings. The third-order valence-corrected chi connectivity index (χ3v) is 20.5. The fraction of sp³-hybridized carbons (Fsp3) is 0.904. The molecular weight excluding hydrogens is 977 g/mol. The summed E-state index contributed by atoms with van der Waals surface area (Å²) >= 11 is 0. The molecular formula is C52H82O22. The van der Waals surface area contributed by atoms with Gasteiger partial charge in [0.1, 0.15) is 85.5 Å². The molecule has 0 aromatic carbocycles. The summed E-state index contributed by atoms with van der Waals surface area (Å²) in [6.45, 7) is 14.5. The molecule has 29 unspecified atom stereocenters. The number of rotatable bonds is 12. The van der Waals surface area contributed by atoms with E-state index in [1.165, 1.54) is 12.5 Å². The van der Waals surface area contributed by atoms with Crippen LogP contribution >= 0.6 is 0 Å². The molecule has 4 aliphatic heterocycles. The zero-order valence-electron chi connectivity index (χ0n) is 43.1. The van der Waals surface area contributed by atoms with Crippen molar-refractivity contribution in [2.45, 2.75) is 228 Å². The first kappa shape index (κ1) is 56.9. The van der Waals surface area contributed by atoms with Crippen LogP contribution in [0.2, 0.25) is 0 Å². The molecule has 0 bridgehead atoms. The molecule has 0 radical (unpaired) electrons. The second-order valence-corrected chi connectivity index (χ2v) is 24.3. The SMILES string of the molecule is C=C(C)C1CCC2(C(=O)O)CCC3(C)C(=CCC4C5(C)CCC(OC6OCC(O)C(O)C6OC6OC(C)C(O)C(OC7OC(CO)C(OC8OC(CO)C(O)C(O)C8O)C(O)C7O)C6O)C(C)(O)C5CCC43C)C12. The maximum Gasteiger partial charge on any atom is 0.310 e. The lowest BCUT2D eigenvalue weighted by molar-refractivity contribution is -0.391. The molecule has 422 valence electrons. The molecule has 5 aliphatic carbocycles. The molecule has 29 atom stereocenters. The number of allylic oxidation sites excluding steroid dienone is 3. The molecule has 13 N–H and O–H groups in total. The highest BCUT2D eigenvalue weighted by atomic mass is 16.8. The number of fused-ring (bicyclic) bond motifs is 7. The largest absolute Gasteiger partial charge is 0.481 e. The maximum absolute atomic E-state index is 13.1. The van der Waals surface area contributed by atoms with E-state index in [2.05, 4.69) is 33.4 Å². The minimum absolute atomic E-state index is 0.0971. The Morgan fingerprint density at radius 2 is 1.28 bits per heavy atom. The third kappa shape index (κ3) is 8.90. The number of carbonyl (C=O) groups is 1. The molecule has 22 nitrogen and oxygen atoms in total. The Hall–Kier alpha value is -1.85. The summed E-state index contributed by atoms with van der Waals surface area (Å²) in [5.41, 5.74) is -0.787. The van der Waals surface area contributed by atoms with Gasteiger partial charge in [0, 0.05) is 5.92 Å². The van der Waals surface area contributed by atoms with Gasteiger partial charge in [-0.05, 0) is 113 Å². The Kier molecular flexibility index (Phi) is 15.9. The standard InChI is InChI=1S/C52H82O22/c1-21(2)23-10-15-52(47(64)65)17-16-49(5)24(31(23)52)8-9-28-48(4)13-12-30(51(7,66)29(48)11-14-50(28,49)6)71-46-42(33(57)25(55)20-67-46)74-45-39(63)41(32(56)22(3)68-45)73-44-38(62)36(60)40(27(19-54)70-44)72-43-37(61)35(59)34(58)26(18-53)69-43/h8,22-23,25-46,53-63,66H,1,9-20H2,2-7H3,(H,64,65). The molecule has 22 heteroatoms. The third-order valence-electron chi connectivity index (χ3n) is 20.5. The molecule has 4 saturated carbocycles. The van der Waals surface area contributed by atoms with Gasteiger partial charge in [-0.3, -0.25) is 4.79 Å². The van der Waals surface area contributed by atoms with E-state index in [1.807, 2.05) is 6.92 Å². The van der Waals surface area contributed by atoms with E-state index in [1.54, 1.807) is 6.92 Å². The zero-order valence-corrected chi connectivity index (χ0v) is 43.1. The summed E-state index contributed by atoms with van der Waals surface area (Å²) in [5, 5.41) is 142. The summed E-state index contributed by atoms with van der Waals surface area (Å²) in [6.07, 6.45) is -24.4. The van der Waals surface area contributed by atoms with Crippen LogP contribution in [-0.4, -0.2) is 221 Å². The summed E-state index contributed by atoms with van der Waals surface area (Å²) in [7, 11) is 0. The van der Waals surface area contributed by atoms with Crippen LogP contribution in [0.1, 0.15) is 99.3 Å². The highest BCUT2D eigenvalue weighted by Gasteiger charge is 2.71. The van der Waals surface area contributed by atoms with Crippen molar-refractivity contribution < 1.29 is 109 Å². The van der Waals surface area contributed by atoms with E-state index in [0.717, 1.165) is 31.3 Å². The molecule has 74 heavy (non-hydrogen) atoms. The van der Waals surface area contributed by atoms with Crippen LogP contribution in [0, 0.1) is 45.3 Å². The van der Waals surface area contributed by atoms with Crippen LogP contribution < -0.4 is 0 Å². The van der Waals surface area contributed by atoms with E-state index in [4.69, 9.17) is 37.9 Å². The first-order valence-electron chi connectivity index (χ1n) is 26.6. The monoisotopic (exact) mass is 1060 g/mol. The minimum Gasteiger partial charge on any atom is -0.481 e. The summed E-state index contributed by atoms with van der Waals surface area (Å²) in [4.78, 5) is 13.1. The molecule has 4 saturated heterocycles. The van der Waals surface area contributed by atoms with Gasteiger partial charge in [0.2, 0.25) is 0 Å². The van der Waals surface area contributed by atoms with Crippen LogP contribution in [0.4, 0.5) is 0 Å². The Balaban J connectivity index is 0.890. The lowest BCUT2D eigenvalue weighted by atomic mass is 9.35. The topological polar surface area (TPSA) is 354 Å². The number of aliphatic hydroxyl groups excluding tert-OH is 11. The molecule has 0 aromatic heterocycles. The van der Waals surface area contributed by atoms with E-state index in [9.17, 15) is 71.2 Å². The predicted molar refractivity (Wildman–Crippen MR) is 253 cm³/mol. The predicted octanol–water partition coefficient (Wildman–Crippen LogP) is -1.30. The Morgan fingerprint density at radius 3 is 1.93 bits per heavy atom. The normalized spacial score (nSPS) is 55.5. The maximum atomic E-state index is 13.1. The van der Waals surface area contributed by atoms with Crippen molar-refractivity contribution in [1.29, 1.82) is 0 Å². The van der Waals surface area contributed by atoms with Crippen molar-refractivity contribution in [3.8, 4) is 0 Å². The fourth-order valence-electron chi connectivity index (χ4n) is 16.0. The van der Waals surface area contributed by atoms with E-state index in [0.29, 0.717) is 32.1 Å². The van der Waals surface area contributed by atoms with E-state index in [-0.39, 0.29) is 46.5 Å². The van der Waals surface area contributed by atoms with Crippen molar-refractivity contribution in [3.05, 3.63) is 23.8 Å². The number of ether oxygens (including phenoxy) is 8.